The molecule has 0 aliphatic carbocycles. The normalized spacial score (nSPS) is 11.1. The number of hydrogen-bond acceptors (Lipinski definition) is 5. The van der Waals surface area contributed by atoms with Crippen LogP contribution in [0.4, 0.5) is 8.78 Å². The maximum Gasteiger partial charge on any atom is 0.338 e. The van der Waals surface area contributed by atoms with Crippen molar-refractivity contribution >= 4 is 11.9 Å². The van der Waals surface area contributed by atoms with Crippen molar-refractivity contribution in [3.63, 3.8) is 0 Å². The van der Waals surface area contributed by atoms with Crippen LogP contribution in [0.1, 0.15) is 44.4 Å². The Bertz CT molecular complexity index is 1760. The minimum absolute atomic E-state index is 0.0956. The Morgan fingerprint density at radius 1 is 0.636 bits per heavy atom. The third-order valence-electron chi connectivity index (χ3n) is 6.98. The zero-order valence-electron chi connectivity index (χ0n) is 25.6. The molecule has 0 heterocycles. The van der Waals surface area contributed by atoms with Crippen LogP contribution in [0.25, 0.3) is 22.3 Å². The number of carbonyl (C=O) groups is 2. The molecule has 7 heteroatoms. The summed E-state index contributed by atoms with van der Waals surface area (Å²) in [5.41, 5.74) is 4.26. The Balaban J connectivity index is 1.54. The van der Waals surface area contributed by atoms with Crippen molar-refractivity contribution in [2.75, 3.05) is 0 Å². The number of ether oxygens (including phenoxy) is 3. The van der Waals surface area contributed by atoms with E-state index in [4.69, 9.17) is 14.2 Å². The van der Waals surface area contributed by atoms with Crippen molar-refractivity contribution < 1.29 is 32.6 Å². The molecule has 0 spiro atoms. The van der Waals surface area contributed by atoms with E-state index in [0.29, 0.717) is 33.8 Å². The Kier molecular flexibility index (Phi) is 9.19. The second-order valence-corrected chi connectivity index (χ2v) is 11.2. The number of hydrogen-bond donors (Lipinski definition) is 0. The summed E-state index contributed by atoms with van der Waals surface area (Å²) < 4.78 is 47.0. The van der Waals surface area contributed by atoms with Crippen LogP contribution in [0.5, 0.6) is 17.2 Å². The van der Waals surface area contributed by atoms with E-state index in [1.165, 1.54) is 25.1 Å². The van der Waals surface area contributed by atoms with Crippen molar-refractivity contribution in [1.29, 1.82) is 0 Å². The largest absolute Gasteiger partial charge is 0.483 e. The van der Waals surface area contributed by atoms with Crippen molar-refractivity contribution in [3.05, 3.63) is 125 Å². The molecule has 0 amide bonds. The second kappa shape index (κ2) is 12.7. The lowest BCUT2D eigenvalue weighted by atomic mass is 9.86. The lowest BCUT2D eigenvalue weighted by molar-refractivity contribution is -0.130. The van der Waals surface area contributed by atoms with E-state index in [1.54, 1.807) is 49.4 Å². The lowest BCUT2D eigenvalue weighted by Crippen LogP contribution is -2.27. The number of halogens is 2. The van der Waals surface area contributed by atoms with Crippen molar-refractivity contribution in [2.45, 2.75) is 47.1 Å². The smallest absolute Gasteiger partial charge is 0.338 e. The Labute approximate surface area is 256 Å². The average molecular weight is 597 g/mol. The predicted molar refractivity (Wildman–Crippen MR) is 168 cm³/mol. The van der Waals surface area contributed by atoms with E-state index in [9.17, 15) is 9.59 Å². The highest BCUT2D eigenvalue weighted by Gasteiger charge is 2.28. The number of benzene rings is 4. The molecule has 4 aromatic carbocycles. The van der Waals surface area contributed by atoms with Crippen LogP contribution in [-0.2, 0) is 15.2 Å². The van der Waals surface area contributed by atoms with Gasteiger partial charge in [-0.3, -0.25) is 0 Å². The van der Waals surface area contributed by atoms with Gasteiger partial charge in [0.15, 0.2) is 0 Å². The summed E-state index contributed by atoms with van der Waals surface area (Å²) >= 11 is 0. The molecule has 226 valence electrons. The number of rotatable bonds is 9. The molecule has 0 radical (unpaired) electrons. The Hall–Kier alpha value is -5.04. The van der Waals surface area contributed by atoms with Crippen molar-refractivity contribution in [2.24, 2.45) is 0 Å². The van der Waals surface area contributed by atoms with Gasteiger partial charge in [-0.05, 0) is 100 Å². The van der Waals surface area contributed by atoms with Gasteiger partial charge in [-0.2, -0.15) is 0 Å². The van der Waals surface area contributed by atoms with Gasteiger partial charge in [0, 0.05) is 40.0 Å². The molecule has 0 atom stereocenters. The third-order valence-corrected chi connectivity index (χ3v) is 6.98. The van der Waals surface area contributed by atoms with Crippen LogP contribution in [-0.4, -0.2) is 11.9 Å². The fourth-order valence-corrected chi connectivity index (χ4v) is 5.09. The van der Waals surface area contributed by atoms with Crippen LogP contribution in [0.2, 0.25) is 0 Å². The summed E-state index contributed by atoms with van der Waals surface area (Å²) in [6.07, 6.45) is 0. The SMILES string of the molecule is C=C(C)C(=O)Oc1ccc(-c2ccc(OC(C)(C)c3c(C)cc(-c4ccc(OC(=O)C(=C)C)cc4F)cc3C)cc2F)cc1. The van der Waals surface area contributed by atoms with Crippen molar-refractivity contribution in [3.8, 4) is 39.5 Å². The Morgan fingerprint density at radius 2 is 1.07 bits per heavy atom. The van der Waals surface area contributed by atoms with Gasteiger partial charge in [-0.25, -0.2) is 18.4 Å². The summed E-state index contributed by atoms with van der Waals surface area (Å²) in [6.45, 7) is 17.8. The fourth-order valence-electron chi connectivity index (χ4n) is 5.09. The summed E-state index contributed by atoms with van der Waals surface area (Å²) in [5.74, 6) is -1.38. The first-order valence-corrected chi connectivity index (χ1v) is 13.9. The van der Waals surface area contributed by atoms with Crippen LogP contribution < -0.4 is 14.2 Å². The molecule has 0 aromatic heterocycles. The minimum Gasteiger partial charge on any atom is -0.483 e. The first-order chi connectivity index (χ1) is 20.7. The molecule has 0 aliphatic rings. The Morgan fingerprint density at radius 3 is 1.57 bits per heavy atom. The standard InChI is InChI=1S/C37H34F2O5/c1-21(2)35(40)42-27-11-9-25(10-12-27)30-16-14-29(20-33(30)39)44-37(7,8)34-23(5)17-26(18-24(34)6)31-15-13-28(19-32(31)38)43-36(41)22(3)4/h9-20H,1,3H2,2,4-8H3. The van der Waals surface area contributed by atoms with Gasteiger partial charge in [-0.1, -0.05) is 37.4 Å². The highest BCUT2D eigenvalue weighted by Crippen LogP contribution is 2.37. The van der Waals surface area contributed by atoms with Crippen LogP contribution >= 0.6 is 0 Å². The van der Waals surface area contributed by atoms with E-state index in [-0.39, 0.29) is 16.9 Å². The molecule has 5 nitrogen and oxygen atoms in total. The molecule has 0 saturated carbocycles. The molecule has 4 aromatic rings. The predicted octanol–water partition coefficient (Wildman–Crippen LogP) is 9.19. The number of aryl methyl sites for hydroxylation is 2. The quantitative estimate of drug-likeness (QED) is 0.110. The van der Waals surface area contributed by atoms with E-state index in [1.807, 2.05) is 39.8 Å². The zero-order chi connectivity index (χ0) is 32.3. The summed E-state index contributed by atoms with van der Waals surface area (Å²) in [6, 6.07) is 19.2. The zero-order valence-corrected chi connectivity index (χ0v) is 25.6. The molecule has 0 saturated heterocycles. The highest BCUT2D eigenvalue weighted by molar-refractivity contribution is 5.89. The van der Waals surface area contributed by atoms with Crippen LogP contribution in [0.3, 0.4) is 0 Å². The van der Waals surface area contributed by atoms with Gasteiger partial charge in [0.25, 0.3) is 0 Å². The topological polar surface area (TPSA) is 61.8 Å². The van der Waals surface area contributed by atoms with Gasteiger partial charge in [0.2, 0.25) is 0 Å². The average Bonchev–Trinajstić information content (AvgIpc) is 2.92. The molecule has 0 unspecified atom stereocenters. The first-order valence-electron chi connectivity index (χ1n) is 13.9. The maximum absolute atomic E-state index is 15.3. The fraction of sp³-hybridized carbons (Fsp3) is 0.189. The number of esters is 2. The van der Waals surface area contributed by atoms with E-state index < -0.39 is 29.2 Å². The van der Waals surface area contributed by atoms with Crippen molar-refractivity contribution in [1.82, 2.24) is 0 Å². The highest BCUT2D eigenvalue weighted by atomic mass is 19.1. The summed E-state index contributed by atoms with van der Waals surface area (Å²) in [5, 5.41) is 0. The second-order valence-electron chi connectivity index (χ2n) is 11.2. The van der Waals surface area contributed by atoms with E-state index in [2.05, 4.69) is 13.2 Å². The van der Waals surface area contributed by atoms with Gasteiger partial charge >= 0.3 is 11.9 Å². The summed E-state index contributed by atoms with van der Waals surface area (Å²) in [4.78, 5) is 23.5. The monoisotopic (exact) mass is 596 g/mol. The van der Waals surface area contributed by atoms with Gasteiger partial charge in [-0.15, -0.1) is 0 Å². The molecule has 4 rings (SSSR count). The van der Waals surface area contributed by atoms with E-state index >= 15 is 8.78 Å². The molecule has 0 fully saturated rings. The van der Waals surface area contributed by atoms with Crippen LogP contribution in [0.15, 0.2) is 97.1 Å². The van der Waals surface area contributed by atoms with Gasteiger partial charge < -0.3 is 14.2 Å². The molecular weight excluding hydrogens is 562 g/mol. The molecule has 0 aliphatic heterocycles. The molecule has 44 heavy (non-hydrogen) atoms. The summed E-state index contributed by atoms with van der Waals surface area (Å²) in [7, 11) is 0. The minimum atomic E-state index is -0.853. The molecule has 0 N–H and O–H groups in total. The van der Waals surface area contributed by atoms with Gasteiger partial charge in [0.05, 0.1) is 0 Å². The van der Waals surface area contributed by atoms with E-state index in [0.717, 1.165) is 16.7 Å². The van der Waals surface area contributed by atoms with Gasteiger partial charge in [0.1, 0.15) is 34.5 Å². The lowest BCUT2D eigenvalue weighted by Gasteiger charge is -2.31. The van der Waals surface area contributed by atoms with Crippen LogP contribution in [0, 0.1) is 25.5 Å². The maximum atomic E-state index is 15.3. The number of carbonyl (C=O) groups excluding carboxylic acids is 2. The molecule has 0 bridgehead atoms. The first kappa shape index (κ1) is 31.9. The molecular formula is C37H34F2O5. The third kappa shape index (κ3) is 7.11.